The standard InChI is InChI=1S/C13H18N2O4/c1-9(12(16)17)14-13(18)15(2)8-10-6-4-5-7-11(10)19-3/h4-7,9H,8H2,1-3H3,(H,14,18)(H,16,17)/t9-/m0/s1. The molecule has 0 aliphatic carbocycles. The van der Waals surface area contributed by atoms with E-state index in [0.717, 1.165) is 5.56 Å². The first-order valence-electron chi connectivity index (χ1n) is 5.82. The number of nitrogens with one attached hydrogen (secondary N) is 1. The Hall–Kier alpha value is -2.24. The molecule has 0 radical (unpaired) electrons. The molecule has 1 atom stereocenters. The number of urea groups is 1. The van der Waals surface area contributed by atoms with Crippen molar-refractivity contribution in [3.63, 3.8) is 0 Å². The molecule has 2 N–H and O–H groups in total. The molecule has 0 heterocycles. The highest BCUT2D eigenvalue weighted by Crippen LogP contribution is 2.18. The van der Waals surface area contributed by atoms with Crippen molar-refractivity contribution in [1.82, 2.24) is 10.2 Å². The van der Waals surface area contributed by atoms with Crippen LogP contribution < -0.4 is 10.1 Å². The van der Waals surface area contributed by atoms with Gasteiger partial charge in [0.1, 0.15) is 11.8 Å². The van der Waals surface area contributed by atoms with E-state index in [4.69, 9.17) is 9.84 Å². The summed E-state index contributed by atoms with van der Waals surface area (Å²) in [5.74, 6) is -0.382. The Morgan fingerprint density at radius 3 is 2.63 bits per heavy atom. The fraction of sp³-hybridized carbons (Fsp3) is 0.385. The lowest BCUT2D eigenvalue weighted by Crippen LogP contribution is -2.44. The lowest BCUT2D eigenvalue weighted by molar-refractivity contribution is -0.138. The van der Waals surface area contributed by atoms with Gasteiger partial charge in [-0.25, -0.2) is 4.79 Å². The monoisotopic (exact) mass is 266 g/mol. The number of aliphatic carboxylic acids is 1. The van der Waals surface area contributed by atoms with E-state index in [1.807, 2.05) is 18.2 Å². The maximum absolute atomic E-state index is 11.8. The van der Waals surface area contributed by atoms with E-state index in [1.54, 1.807) is 20.2 Å². The van der Waals surface area contributed by atoms with E-state index in [-0.39, 0.29) is 0 Å². The number of carboxylic acids is 1. The van der Waals surface area contributed by atoms with Crippen LogP contribution in [0.15, 0.2) is 24.3 Å². The maximum atomic E-state index is 11.8. The molecule has 0 aromatic heterocycles. The molecule has 0 aliphatic heterocycles. The number of carboxylic acid groups (broad SMARTS) is 1. The van der Waals surface area contributed by atoms with Gasteiger partial charge in [0.2, 0.25) is 0 Å². The highest BCUT2D eigenvalue weighted by molar-refractivity contribution is 5.82. The smallest absolute Gasteiger partial charge is 0.325 e. The van der Waals surface area contributed by atoms with Gasteiger partial charge < -0.3 is 20.1 Å². The first-order valence-corrected chi connectivity index (χ1v) is 5.82. The van der Waals surface area contributed by atoms with E-state index >= 15 is 0 Å². The van der Waals surface area contributed by atoms with Gasteiger partial charge in [-0.2, -0.15) is 0 Å². The third kappa shape index (κ3) is 4.17. The molecule has 0 fully saturated rings. The minimum absolute atomic E-state index is 0.336. The predicted molar refractivity (Wildman–Crippen MR) is 70.1 cm³/mol. The van der Waals surface area contributed by atoms with Gasteiger partial charge in [-0.15, -0.1) is 0 Å². The number of para-hydroxylation sites is 1. The Balaban J connectivity index is 2.66. The van der Waals surface area contributed by atoms with E-state index in [2.05, 4.69) is 5.32 Å². The number of carbonyl (C=O) groups excluding carboxylic acids is 1. The number of nitrogens with zero attached hydrogens (tertiary/aromatic N) is 1. The second kappa shape index (κ2) is 6.63. The minimum atomic E-state index is -1.07. The molecule has 0 saturated heterocycles. The number of benzene rings is 1. The molecule has 19 heavy (non-hydrogen) atoms. The summed E-state index contributed by atoms with van der Waals surface area (Å²) in [7, 11) is 3.15. The van der Waals surface area contributed by atoms with E-state index in [1.165, 1.54) is 11.8 Å². The van der Waals surface area contributed by atoms with Crippen molar-refractivity contribution in [3.8, 4) is 5.75 Å². The lowest BCUT2D eigenvalue weighted by atomic mass is 10.2. The summed E-state index contributed by atoms with van der Waals surface area (Å²) in [5.41, 5.74) is 0.852. The SMILES string of the molecule is COc1ccccc1CN(C)C(=O)N[C@@H](C)C(=O)O. The quantitative estimate of drug-likeness (QED) is 0.842. The molecular weight excluding hydrogens is 248 g/mol. The maximum Gasteiger partial charge on any atom is 0.325 e. The van der Waals surface area contributed by atoms with Crippen molar-refractivity contribution in [2.45, 2.75) is 19.5 Å². The predicted octanol–water partition coefficient (Wildman–Crippen LogP) is 1.31. The van der Waals surface area contributed by atoms with Gasteiger partial charge in [-0.3, -0.25) is 4.79 Å². The largest absolute Gasteiger partial charge is 0.496 e. The Labute approximate surface area is 112 Å². The highest BCUT2D eigenvalue weighted by atomic mass is 16.5. The van der Waals surface area contributed by atoms with Gasteiger partial charge in [0.05, 0.1) is 13.7 Å². The third-order valence-electron chi connectivity index (χ3n) is 2.66. The van der Waals surface area contributed by atoms with Crippen molar-refractivity contribution >= 4 is 12.0 Å². The van der Waals surface area contributed by atoms with Crippen LogP contribution in [-0.2, 0) is 11.3 Å². The van der Waals surface area contributed by atoms with Crippen molar-refractivity contribution in [1.29, 1.82) is 0 Å². The first kappa shape index (κ1) is 14.8. The molecule has 0 aliphatic rings. The van der Waals surface area contributed by atoms with Gasteiger partial charge >= 0.3 is 12.0 Å². The molecule has 1 aromatic rings. The molecule has 0 spiro atoms. The molecule has 0 saturated carbocycles. The van der Waals surface area contributed by atoms with Crippen LogP contribution in [-0.4, -0.2) is 42.2 Å². The highest BCUT2D eigenvalue weighted by Gasteiger charge is 2.17. The summed E-state index contributed by atoms with van der Waals surface area (Å²) in [6.07, 6.45) is 0. The molecule has 0 bridgehead atoms. The number of carbonyl (C=O) groups is 2. The van der Waals surface area contributed by atoms with Gasteiger partial charge in [0.15, 0.2) is 0 Å². The molecule has 1 rings (SSSR count). The second-order valence-electron chi connectivity index (χ2n) is 4.18. The Morgan fingerprint density at radius 1 is 1.42 bits per heavy atom. The average molecular weight is 266 g/mol. The summed E-state index contributed by atoms with van der Waals surface area (Å²) in [6, 6.07) is 5.98. The van der Waals surface area contributed by atoms with E-state index in [9.17, 15) is 9.59 Å². The Bertz CT molecular complexity index is 462. The zero-order chi connectivity index (χ0) is 14.4. The number of methoxy groups -OCH3 is 1. The van der Waals surface area contributed by atoms with Crippen molar-refractivity contribution < 1.29 is 19.4 Å². The number of ether oxygens (including phenoxy) is 1. The zero-order valence-corrected chi connectivity index (χ0v) is 11.2. The first-order chi connectivity index (χ1) is 8.95. The van der Waals surface area contributed by atoms with Gasteiger partial charge in [-0.1, -0.05) is 18.2 Å². The molecule has 1 aromatic carbocycles. The zero-order valence-electron chi connectivity index (χ0n) is 11.2. The lowest BCUT2D eigenvalue weighted by Gasteiger charge is -2.20. The molecule has 6 heteroatoms. The fourth-order valence-corrected chi connectivity index (χ4v) is 1.52. The summed E-state index contributed by atoms with van der Waals surface area (Å²) >= 11 is 0. The van der Waals surface area contributed by atoms with Gasteiger partial charge in [-0.05, 0) is 13.0 Å². The Morgan fingerprint density at radius 2 is 2.05 bits per heavy atom. The van der Waals surface area contributed by atoms with Crippen molar-refractivity contribution in [2.75, 3.05) is 14.2 Å². The second-order valence-corrected chi connectivity index (χ2v) is 4.18. The minimum Gasteiger partial charge on any atom is -0.496 e. The molecular formula is C13H18N2O4. The normalized spacial score (nSPS) is 11.5. The van der Waals surface area contributed by atoms with Crippen LogP contribution in [0.5, 0.6) is 5.75 Å². The summed E-state index contributed by atoms with van der Waals surface area (Å²) < 4.78 is 5.19. The fourth-order valence-electron chi connectivity index (χ4n) is 1.52. The number of hydrogen-bond donors (Lipinski definition) is 2. The van der Waals surface area contributed by atoms with Crippen molar-refractivity contribution in [2.24, 2.45) is 0 Å². The number of amides is 2. The van der Waals surface area contributed by atoms with Crippen LogP contribution in [0.1, 0.15) is 12.5 Å². The number of hydrogen-bond acceptors (Lipinski definition) is 3. The Kier molecular flexibility index (Phi) is 5.17. The van der Waals surface area contributed by atoms with Crippen LogP contribution in [0, 0.1) is 0 Å². The van der Waals surface area contributed by atoms with Crippen LogP contribution in [0.3, 0.4) is 0 Å². The summed E-state index contributed by atoms with van der Waals surface area (Å²) in [4.78, 5) is 23.8. The molecule has 104 valence electrons. The molecule has 6 nitrogen and oxygen atoms in total. The van der Waals surface area contributed by atoms with Gasteiger partial charge in [0, 0.05) is 12.6 Å². The summed E-state index contributed by atoms with van der Waals surface area (Å²) in [6.45, 7) is 1.75. The summed E-state index contributed by atoms with van der Waals surface area (Å²) in [5, 5.41) is 11.1. The molecule has 0 unspecified atom stereocenters. The topological polar surface area (TPSA) is 78.9 Å². The van der Waals surface area contributed by atoms with E-state index in [0.29, 0.717) is 12.3 Å². The van der Waals surface area contributed by atoms with Gasteiger partial charge in [0.25, 0.3) is 0 Å². The van der Waals surface area contributed by atoms with Crippen molar-refractivity contribution in [3.05, 3.63) is 29.8 Å². The van der Waals surface area contributed by atoms with Crippen LogP contribution in [0.2, 0.25) is 0 Å². The average Bonchev–Trinajstić information content (AvgIpc) is 2.38. The molecule has 2 amide bonds. The third-order valence-corrected chi connectivity index (χ3v) is 2.66. The van der Waals surface area contributed by atoms with E-state index < -0.39 is 18.0 Å². The van der Waals surface area contributed by atoms with Crippen LogP contribution in [0.25, 0.3) is 0 Å². The van der Waals surface area contributed by atoms with Crippen LogP contribution in [0.4, 0.5) is 4.79 Å². The number of rotatable bonds is 5. The van der Waals surface area contributed by atoms with Crippen LogP contribution >= 0.6 is 0 Å².